The van der Waals surface area contributed by atoms with E-state index < -0.39 is 38.6 Å². The van der Waals surface area contributed by atoms with Crippen molar-refractivity contribution in [1.82, 2.24) is 9.63 Å². The summed E-state index contributed by atoms with van der Waals surface area (Å²) >= 11 is 0. The zero-order chi connectivity index (χ0) is 32.4. The molecule has 0 radical (unpaired) electrons. The topological polar surface area (TPSA) is 103 Å². The predicted molar refractivity (Wildman–Crippen MR) is 162 cm³/mol. The third-order valence-corrected chi connectivity index (χ3v) is 9.86. The van der Waals surface area contributed by atoms with E-state index in [9.17, 15) is 36.0 Å². The molecule has 2 aliphatic rings. The van der Waals surface area contributed by atoms with Crippen LogP contribution in [0.25, 0.3) is 27.4 Å². The molecule has 0 atom stereocenters. The Kier molecular flexibility index (Phi) is 7.09. The van der Waals surface area contributed by atoms with Gasteiger partial charge < -0.3 is 4.57 Å². The Morgan fingerprint density at radius 3 is 2.22 bits per heavy atom. The van der Waals surface area contributed by atoms with Crippen molar-refractivity contribution in [3.63, 3.8) is 0 Å². The Morgan fingerprint density at radius 2 is 1.48 bits per heavy atom. The summed E-state index contributed by atoms with van der Waals surface area (Å²) in [5.74, 6) is -2.17. The number of halogens is 3. The highest BCUT2D eigenvalue weighted by molar-refractivity contribution is 7.86. The van der Waals surface area contributed by atoms with Crippen LogP contribution in [0.4, 0.5) is 13.2 Å². The van der Waals surface area contributed by atoms with Gasteiger partial charge in [0.05, 0.1) is 32.8 Å². The van der Waals surface area contributed by atoms with E-state index in [2.05, 4.69) is 0 Å². The maximum atomic E-state index is 13.7. The van der Waals surface area contributed by atoms with E-state index in [1.807, 2.05) is 28.8 Å². The van der Waals surface area contributed by atoms with E-state index in [0.29, 0.717) is 28.8 Å². The lowest BCUT2D eigenvalue weighted by molar-refractivity contribution is -0.137. The first-order valence-electron chi connectivity index (χ1n) is 14.7. The van der Waals surface area contributed by atoms with Crippen LogP contribution in [0.1, 0.15) is 68.7 Å². The molecular formula is C34H25F3N2O6S. The van der Waals surface area contributed by atoms with Crippen molar-refractivity contribution in [3.05, 3.63) is 107 Å². The number of carbonyl (C=O) groups is 3. The van der Waals surface area contributed by atoms with Gasteiger partial charge in [-0.25, -0.2) is 0 Å². The van der Waals surface area contributed by atoms with Gasteiger partial charge in [0.1, 0.15) is 0 Å². The Morgan fingerprint density at radius 1 is 0.804 bits per heavy atom. The molecule has 234 valence electrons. The monoisotopic (exact) mass is 646 g/mol. The lowest BCUT2D eigenvalue weighted by Crippen LogP contribution is -2.41. The summed E-state index contributed by atoms with van der Waals surface area (Å²) in [5.41, 5.74) is 0.622. The number of nitrogens with zero attached hydrogens (tertiary/aromatic N) is 2. The first-order valence-corrected chi connectivity index (χ1v) is 16.1. The molecular weight excluding hydrogens is 621 g/mol. The van der Waals surface area contributed by atoms with Gasteiger partial charge in [-0.15, -0.1) is 9.35 Å². The second-order valence-electron chi connectivity index (χ2n) is 11.4. The Balaban J connectivity index is 1.30. The number of aromatic nitrogens is 1. The summed E-state index contributed by atoms with van der Waals surface area (Å²) in [6, 6.07) is 18.1. The Labute approximate surface area is 261 Å². The van der Waals surface area contributed by atoms with Gasteiger partial charge in [0.2, 0.25) is 0 Å². The molecule has 1 aliphatic heterocycles. The number of para-hydroxylation sites is 1. The van der Waals surface area contributed by atoms with Crippen LogP contribution < -0.4 is 0 Å². The van der Waals surface area contributed by atoms with Crippen LogP contribution in [0.3, 0.4) is 0 Å². The van der Waals surface area contributed by atoms with Gasteiger partial charge in [0.15, 0.2) is 5.78 Å². The molecule has 0 saturated heterocycles. The van der Waals surface area contributed by atoms with Gasteiger partial charge in [-0.05, 0) is 55.3 Å². The summed E-state index contributed by atoms with van der Waals surface area (Å²) in [6.07, 6.45) is 1.77. The van der Waals surface area contributed by atoms with E-state index >= 15 is 0 Å². The van der Waals surface area contributed by atoms with Gasteiger partial charge in [0, 0.05) is 33.8 Å². The lowest BCUT2D eigenvalue weighted by atomic mass is 9.84. The van der Waals surface area contributed by atoms with Crippen LogP contribution in [-0.4, -0.2) is 35.6 Å². The molecule has 2 amide bonds. The fourth-order valence-corrected chi connectivity index (χ4v) is 7.40. The van der Waals surface area contributed by atoms with Gasteiger partial charge >= 0.3 is 16.3 Å². The summed E-state index contributed by atoms with van der Waals surface area (Å²) in [5, 5.41) is 1.59. The molecule has 1 aromatic heterocycles. The van der Waals surface area contributed by atoms with Crippen molar-refractivity contribution in [2.24, 2.45) is 5.92 Å². The molecule has 7 rings (SSSR count). The van der Waals surface area contributed by atoms with Crippen molar-refractivity contribution < 1.29 is 40.3 Å². The maximum absolute atomic E-state index is 13.7. The number of hydroxylamine groups is 2. The number of Topliss-reactive ketones (excluding diaryl/α,β-unsaturated/α-hetero) is 1. The molecule has 0 unspecified atom stereocenters. The number of hydrogen-bond acceptors (Lipinski definition) is 6. The molecule has 8 nitrogen and oxygen atoms in total. The molecule has 1 saturated carbocycles. The largest absolute Gasteiger partial charge is 0.416 e. The average Bonchev–Trinajstić information content (AvgIpc) is 3.44. The fraction of sp³-hybridized carbons (Fsp3) is 0.206. The molecule has 5 aromatic rings. The smallest absolute Gasteiger partial charge is 0.315 e. The minimum Gasteiger partial charge on any atom is -0.315 e. The minimum absolute atomic E-state index is 0.0387. The number of rotatable bonds is 6. The number of ketones is 1. The minimum atomic E-state index is -5.02. The van der Waals surface area contributed by atoms with E-state index in [0.717, 1.165) is 55.1 Å². The summed E-state index contributed by atoms with van der Waals surface area (Å²) in [6.45, 7) is 0. The van der Waals surface area contributed by atoms with E-state index in [1.54, 1.807) is 24.4 Å². The fourth-order valence-electron chi connectivity index (χ4n) is 6.47. The van der Waals surface area contributed by atoms with Gasteiger partial charge in [-0.1, -0.05) is 55.7 Å². The van der Waals surface area contributed by atoms with Crippen LogP contribution in [-0.2, 0) is 20.6 Å². The molecule has 0 spiro atoms. The number of benzene rings is 4. The molecule has 1 aliphatic carbocycles. The van der Waals surface area contributed by atoms with Crippen molar-refractivity contribution >= 4 is 49.4 Å². The SMILES string of the molecule is O=C(c1cn(-c2ccc3c4c(cccc24)C(=O)N(OS(=O)(=O)c2cccc(C(F)(F)F)c2)C3=O)c2ccccc12)C1CCCCC1. The van der Waals surface area contributed by atoms with Crippen LogP contribution >= 0.6 is 0 Å². The average molecular weight is 647 g/mol. The molecule has 4 aromatic carbocycles. The lowest BCUT2D eigenvalue weighted by Gasteiger charge is -2.26. The molecule has 1 fully saturated rings. The van der Waals surface area contributed by atoms with Crippen molar-refractivity contribution in [2.75, 3.05) is 0 Å². The number of carbonyl (C=O) groups excluding carboxylic acids is 3. The number of imide groups is 1. The highest BCUT2D eigenvalue weighted by atomic mass is 32.2. The van der Waals surface area contributed by atoms with Crippen LogP contribution in [0, 0.1) is 5.92 Å². The molecule has 2 heterocycles. The summed E-state index contributed by atoms with van der Waals surface area (Å²) in [7, 11) is -5.02. The number of alkyl halides is 3. The van der Waals surface area contributed by atoms with E-state index in [-0.39, 0.29) is 33.3 Å². The highest BCUT2D eigenvalue weighted by Crippen LogP contribution is 2.38. The number of hydrogen-bond donors (Lipinski definition) is 0. The number of amides is 2. The van der Waals surface area contributed by atoms with Crippen molar-refractivity contribution in [1.29, 1.82) is 0 Å². The second-order valence-corrected chi connectivity index (χ2v) is 13.0. The molecule has 0 bridgehead atoms. The normalized spacial score (nSPS) is 16.0. The Bertz CT molecular complexity index is 2180. The predicted octanol–water partition coefficient (Wildman–Crippen LogP) is 7.48. The molecule has 46 heavy (non-hydrogen) atoms. The number of fused-ring (bicyclic) bond motifs is 1. The van der Waals surface area contributed by atoms with Gasteiger partial charge in [-0.2, -0.15) is 21.6 Å². The zero-order valence-corrected chi connectivity index (χ0v) is 24.9. The van der Waals surface area contributed by atoms with E-state index in [4.69, 9.17) is 4.28 Å². The molecule has 0 N–H and O–H groups in total. The van der Waals surface area contributed by atoms with Crippen LogP contribution in [0.5, 0.6) is 0 Å². The quantitative estimate of drug-likeness (QED) is 0.140. The second kappa shape index (κ2) is 10.9. The highest BCUT2D eigenvalue weighted by Gasteiger charge is 2.39. The van der Waals surface area contributed by atoms with E-state index in [1.165, 1.54) is 12.1 Å². The summed E-state index contributed by atoms with van der Waals surface area (Å²) < 4.78 is 72.4. The van der Waals surface area contributed by atoms with Crippen molar-refractivity contribution in [2.45, 2.75) is 43.2 Å². The third-order valence-electron chi connectivity index (χ3n) is 8.68. The van der Waals surface area contributed by atoms with Gasteiger partial charge in [-0.3, -0.25) is 14.4 Å². The standard InChI is InChI=1S/C34H25F3N2O6S/c35-34(36,37)21-10-6-11-22(18-21)46(43,44)45-39-32(41)25-14-7-13-24-29(17-16-26(30(24)25)33(39)42)38-19-27(23-12-4-5-15-28(23)38)31(40)20-8-2-1-3-9-20/h4-7,10-20H,1-3,8-9H2. The Hall–Kier alpha value is -4.81. The maximum Gasteiger partial charge on any atom is 0.416 e. The van der Waals surface area contributed by atoms with Gasteiger partial charge in [0.25, 0.3) is 11.8 Å². The van der Waals surface area contributed by atoms with Crippen LogP contribution in [0.15, 0.2) is 90.0 Å². The first kappa shape index (κ1) is 29.9. The molecule has 12 heteroatoms. The third kappa shape index (κ3) is 4.88. The zero-order valence-electron chi connectivity index (χ0n) is 24.1. The van der Waals surface area contributed by atoms with Crippen LogP contribution in [0.2, 0.25) is 0 Å². The first-order chi connectivity index (χ1) is 22.0. The summed E-state index contributed by atoms with van der Waals surface area (Å²) in [4.78, 5) is 39.9. The van der Waals surface area contributed by atoms with Crippen molar-refractivity contribution in [3.8, 4) is 5.69 Å².